The second kappa shape index (κ2) is 5.90. The van der Waals surface area contributed by atoms with Crippen molar-refractivity contribution in [3.63, 3.8) is 0 Å². The number of aromatic nitrogens is 2. The van der Waals surface area contributed by atoms with Crippen molar-refractivity contribution in [1.29, 1.82) is 0 Å². The lowest BCUT2D eigenvalue weighted by Crippen LogP contribution is -2.34. The van der Waals surface area contributed by atoms with E-state index in [1.807, 2.05) is 0 Å². The van der Waals surface area contributed by atoms with Crippen molar-refractivity contribution >= 4 is 11.9 Å². The molecule has 0 radical (unpaired) electrons. The molecule has 1 amide bonds. The van der Waals surface area contributed by atoms with Crippen molar-refractivity contribution in [3.8, 4) is 0 Å². The number of aryl methyl sites for hydroxylation is 1. The fourth-order valence-electron chi connectivity index (χ4n) is 2.41. The normalized spacial score (nSPS) is 21.6. The van der Waals surface area contributed by atoms with Gasteiger partial charge in [-0.25, -0.2) is 9.97 Å². The second-order valence-corrected chi connectivity index (χ2v) is 5.23. The summed E-state index contributed by atoms with van der Waals surface area (Å²) in [5.41, 5.74) is -0.346. The van der Waals surface area contributed by atoms with Gasteiger partial charge in [-0.15, -0.1) is 0 Å². The molecule has 1 aliphatic rings. The summed E-state index contributed by atoms with van der Waals surface area (Å²) >= 11 is 0. The fourth-order valence-corrected chi connectivity index (χ4v) is 2.41. The van der Waals surface area contributed by atoms with E-state index in [1.165, 1.54) is 6.92 Å². The SMILES string of the molecule is Cc1cc(C(=O)N[C@H]2CC[C@@H](C(=O)O)C2)nc(C(F)(F)F)n1. The van der Waals surface area contributed by atoms with Gasteiger partial charge >= 0.3 is 12.1 Å². The number of amides is 1. The first-order valence-corrected chi connectivity index (χ1v) is 6.63. The molecule has 0 bridgehead atoms. The Morgan fingerprint density at radius 3 is 2.55 bits per heavy atom. The van der Waals surface area contributed by atoms with Crippen LogP contribution in [0.4, 0.5) is 13.2 Å². The Balaban J connectivity index is 2.10. The summed E-state index contributed by atoms with van der Waals surface area (Å²) < 4.78 is 37.9. The number of carbonyl (C=O) groups is 2. The molecule has 1 aromatic heterocycles. The summed E-state index contributed by atoms with van der Waals surface area (Å²) in [6, 6.07) is 0.784. The Morgan fingerprint density at radius 1 is 1.32 bits per heavy atom. The third-order valence-electron chi connectivity index (χ3n) is 3.46. The first-order chi connectivity index (χ1) is 10.2. The Hall–Kier alpha value is -2.19. The third-order valence-corrected chi connectivity index (χ3v) is 3.46. The van der Waals surface area contributed by atoms with Crippen molar-refractivity contribution in [2.75, 3.05) is 0 Å². The van der Waals surface area contributed by atoms with Gasteiger partial charge in [-0.2, -0.15) is 13.2 Å². The topological polar surface area (TPSA) is 92.2 Å². The van der Waals surface area contributed by atoms with Crippen LogP contribution in [0.15, 0.2) is 6.07 Å². The number of nitrogens with one attached hydrogen (secondary N) is 1. The number of hydrogen-bond donors (Lipinski definition) is 2. The first-order valence-electron chi connectivity index (χ1n) is 6.63. The van der Waals surface area contributed by atoms with Crippen LogP contribution in [0.25, 0.3) is 0 Å². The number of rotatable bonds is 3. The molecule has 1 heterocycles. The van der Waals surface area contributed by atoms with Crippen molar-refractivity contribution < 1.29 is 27.9 Å². The van der Waals surface area contributed by atoms with Gasteiger partial charge in [-0.05, 0) is 32.3 Å². The van der Waals surface area contributed by atoms with Crippen molar-refractivity contribution in [1.82, 2.24) is 15.3 Å². The Bertz CT molecular complexity index is 604. The summed E-state index contributed by atoms with van der Waals surface area (Å²) in [6.07, 6.45) is -3.57. The number of carboxylic acids is 1. The summed E-state index contributed by atoms with van der Waals surface area (Å²) in [5, 5.41) is 11.4. The van der Waals surface area contributed by atoms with Crippen LogP contribution in [0.3, 0.4) is 0 Å². The molecular formula is C13H14F3N3O3. The second-order valence-electron chi connectivity index (χ2n) is 5.23. The van der Waals surface area contributed by atoms with Gasteiger partial charge in [0.15, 0.2) is 0 Å². The van der Waals surface area contributed by atoms with Crippen LogP contribution in [-0.4, -0.2) is 33.0 Å². The van der Waals surface area contributed by atoms with Crippen LogP contribution in [0.5, 0.6) is 0 Å². The van der Waals surface area contributed by atoms with E-state index < -0.39 is 29.8 Å². The number of aliphatic carboxylic acids is 1. The molecule has 0 aromatic carbocycles. The smallest absolute Gasteiger partial charge is 0.451 e. The summed E-state index contributed by atoms with van der Waals surface area (Å²) in [5.74, 6) is -3.60. The molecule has 1 fully saturated rings. The molecule has 1 saturated carbocycles. The minimum atomic E-state index is -4.73. The molecule has 1 aromatic rings. The Kier molecular flexibility index (Phi) is 4.34. The predicted molar refractivity (Wildman–Crippen MR) is 68.0 cm³/mol. The van der Waals surface area contributed by atoms with Crippen LogP contribution >= 0.6 is 0 Å². The minimum absolute atomic E-state index is 0.0299. The molecule has 0 aliphatic heterocycles. The predicted octanol–water partition coefficient (Wildman–Crippen LogP) is 1.79. The van der Waals surface area contributed by atoms with Crippen molar-refractivity contribution in [2.45, 2.75) is 38.4 Å². The van der Waals surface area contributed by atoms with E-state index in [-0.39, 0.29) is 23.9 Å². The zero-order valence-electron chi connectivity index (χ0n) is 11.6. The van der Waals surface area contributed by atoms with Crippen LogP contribution in [0.1, 0.15) is 41.3 Å². The van der Waals surface area contributed by atoms with Crippen LogP contribution in [0, 0.1) is 12.8 Å². The van der Waals surface area contributed by atoms with Crippen LogP contribution in [0.2, 0.25) is 0 Å². The number of nitrogens with zero attached hydrogens (tertiary/aromatic N) is 2. The van der Waals surface area contributed by atoms with Gasteiger partial charge in [0.1, 0.15) is 5.69 Å². The monoisotopic (exact) mass is 317 g/mol. The number of halogens is 3. The van der Waals surface area contributed by atoms with E-state index >= 15 is 0 Å². The quantitative estimate of drug-likeness (QED) is 0.886. The molecule has 0 unspecified atom stereocenters. The summed E-state index contributed by atoms with van der Waals surface area (Å²) in [6.45, 7) is 1.34. The van der Waals surface area contributed by atoms with Gasteiger partial charge in [0.2, 0.25) is 5.82 Å². The zero-order chi connectivity index (χ0) is 16.5. The molecule has 1 aliphatic carbocycles. The highest BCUT2D eigenvalue weighted by molar-refractivity contribution is 5.92. The lowest BCUT2D eigenvalue weighted by Gasteiger charge is -2.13. The molecule has 9 heteroatoms. The first kappa shape index (κ1) is 16.2. The fraction of sp³-hybridized carbons (Fsp3) is 0.538. The maximum absolute atomic E-state index is 12.6. The Labute approximate surface area is 123 Å². The molecule has 6 nitrogen and oxygen atoms in total. The minimum Gasteiger partial charge on any atom is -0.481 e. The van der Waals surface area contributed by atoms with E-state index in [9.17, 15) is 22.8 Å². The van der Waals surface area contributed by atoms with Gasteiger partial charge in [-0.3, -0.25) is 9.59 Å². The van der Waals surface area contributed by atoms with Gasteiger partial charge in [0.05, 0.1) is 5.92 Å². The van der Waals surface area contributed by atoms with Crippen molar-refractivity contribution in [2.24, 2.45) is 5.92 Å². The molecule has 22 heavy (non-hydrogen) atoms. The Morgan fingerprint density at radius 2 is 2.00 bits per heavy atom. The molecular weight excluding hydrogens is 303 g/mol. The van der Waals surface area contributed by atoms with E-state index in [0.717, 1.165) is 6.07 Å². The average molecular weight is 317 g/mol. The molecule has 0 spiro atoms. The van der Waals surface area contributed by atoms with Gasteiger partial charge in [0.25, 0.3) is 5.91 Å². The maximum atomic E-state index is 12.6. The highest BCUT2D eigenvalue weighted by atomic mass is 19.4. The highest BCUT2D eigenvalue weighted by Crippen LogP contribution is 2.27. The maximum Gasteiger partial charge on any atom is 0.451 e. The number of carbonyl (C=O) groups excluding carboxylic acids is 1. The van der Waals surface area contributed by atoms with Gasteiger partial charge < -0.3 is 10.4 Å². The van der Waals surface area contributed by atoms with E-state index in [2.05, 4.69) is 15.3 Å². The van der Waals surface area contributed by atoms with Crippen LogP contribution in [-0.2, 0) is 11.0 Å². The van der Waals surface area contributed by atoms with Gasteiger partial charge in [-0.1, -0.05) is 0 Å². The summed E-state index contributed by atoms with van der Waals surface area (Å²) in [7, 11) is 0. The highest BCUT2D eigenvalue weighted by Gasteiger charge is 2.36. The number of alkyl halides is 3. The van der Waals surface area contributed by atoms with Crippen LogP contribution < -0.4 is 5.32 Å². The molecule has 120 valence electrons. The lowest BCUT2D eigenvalue weighted by molar-refractivity contribution is -0.145. The molecule has 2 N–H and O–H groups in total. The molecule has 0 saturated heterocycles. The van der Waals surface area contributed by atoms with Gasteiger partial charge in [0, 0.05) is 11.7 Å². The summed E-state index contributed by atoms with van der Waals surface area (Å²) in [4.78, 5) is 29.3. The average Bonchev–Trinajstić information content (AvgIpc) is 2.85. The number of carboxylic acid groups (broad SMARTS) is 1. The zero-order valence-corrected chi connectivity index (χ0v) is 11.6. The van der Waals surface area contributed by atoms with Crippen molar-refractivity contribution in [3.05, 3.63) is 23.3 Å². The third kappa shape index (κ3) is 3.71. The molecule has 2 atom stereocenters. The van der Waals surface area contributed by atoms with E-state index in [1.54, 1.807) is 0 Å². The number of hydrogen-bond acceptors (Lipinski definition) is 4. The molecule has 2 rings (SSSR count). The largest absolute Gasteiger partial charge is 0.481 e. The van der Waals surface area contributed by atoms with E-state index in [0.29, 0.717) is 12.8 Å². The lowest BCUT2D eigenvalue weighted by atomic mass is 10.1. The van der Waals surface area contributed by atoms with E-state index in [4.69, 9.17) is 5.11 Å². The standard InChI is InChI=1S/C13H14F3N3O3/c1-6-4-9(19-12(17-6)13(14,15)16)10(20)18-8-3-2-7(5-8)11(21)22/h4,7-8H,2-3,5H2,1H3,(H,18,20)(H,21,22)/t7-,8+/m1/s1.